The Morgan fingerprint density at radius 3 is 2.64 bits per heavy atom. The van der Waals surface area contributed by atoms with Crippen LogP contribution in [0, 0.1) is 5.21 Å². The lowest BCUT2D eigenvalue weighted by atomic mass is 9.83. The Balaban J connectivity index is 1.49. The Bertz CT molecular complexity index is 911. The highest BCUT2D eigenvalue weighted by Crippen LogP contribution is 2.50. The first-order chi connectivity index (χ1) is 12.2. The van der Waals surface area contributed by atoms with Crippen molar-refractivity contribution in [1.82, 2.24) is 0 Å². The average Bonchev–Trinajstić information content (AvgIpc) is 3.27. The molecule has 0 radical (unpaired) electrons. The van der Waals surface area contributed by atoms with Crippen LogP contribution in [-0.2, 0) is 19.4 Å². The summed E-state index contributed by atoms with van der Waals surface area (Å²) in [4.78, 5) is 0. The van der Waals surface area contributed by atoms with Gasteiger partial charge in [-0.3, -0.25) is 0 Å². The lowest BCUT2D eigenvalue weighted by molar-refractivity contribution is -0.928. The van der Waals surface area contributed by atoms with Crippen molar-refractivity contribution < 1.29 is 23.6 Å². The van der Waals surface area contributed by atoms with Gasteiger partial charge in [0.1, 0.15) is 12.6 Å². The van der Waals surface area contributed by atoms with Gasteiger partial charge in [-0.15, -0.1) is 0 Å². The van der Waals surface area contributed by atoms with E-state index in [9.17, 15) is 5.21 Å². The second-order valence-corrected chi connectivity index (χ2v) is 7.15. The van der Waals surface area contributed by atoms with Crippen LogP contribution >= 0.6 is 0 Å². The molecule has 6 heteroatoms. The predicted molar refractivity (Wildman–Crippen MR) is 87.5 cm³/mol. The molecular formula is C19H17NO5. The van der Waals surface area contributed by atoms with E-state index in [0.29, 0.717) is 19.5 Å². The van der Waals surface area contributed by atoms with Crippen molar-refractivity contribution in [2.24, 2.45) is 0 Å². The van der Waals surface area contributed by atoms with E-state index in [2.05, 4.69) is 12.1 Å². The summed E-state index contributed by atoms with van der Waals surface area (Å²) in [5.41, 5.74) is 4.52. The van der Waals surface area contributed by atoms with E-state index in [4.69, 9.17) is 18.9 Å². The highest BCUT2D eigenvalue weighted by Gasteiger charge is 2.43. The van der Waals surface area contributed by atoms with Crippen molar-refractivity contribution >= 4 is 0 Å². The van der Waals surface area contributed by atoms with Crippen LogP contribution in [0.25, 0.3) is 0 Å². The van der Waals surface area contributed by atoms with Gasteiger partial charge in [0.2, 0.25) is 13.6 Å². The van der Waals surface area contributed by atoms with Crippen molar-refractivity contribution in [3.05, 3.63) is 51.7 Å². The molecule has 25 heavy (non-hydrogen) atoms. The molecule has 0 bridgehead atoms. The minimum Gasteiger partial charge on any atom is -0.632 e. The number of ether oxygens (including phenoxy) is 4. The molecule has 0 spiro atoms. The molecule has 2 aromatic carbocycles. The van der Waals surface area contributed by atoms with E-state index in [-0.39, 0.29) is 24.3 Å². The second kappa shape index (κ2) is 4.59. The lowest BCUT2D eigenvalue weighted by Gasteiger charge is -2.54. The fraction of sp³-hybridized carbons (Fsp3) is 0.368. The molecule has 6 rings (SSSR count). The molecule has 128 valence electrons. The minimum atomic E-state index is -0.237. The second-order valence-electron chi connectivity index (χ2n) is 7.15. The van der Waals surface area contributed by atoms with Crippen LogP contribution in [0.15, 0.2) is 24.3 Å². The fourth-order valence-electron chi connectivity index (χ4n) is 4.62. The summed E-state index contributed by atoms with van der Waals surface area (Å²) in [6.45, 7) is 1.49. The van der Waals surface area contributed by atoms with E-state index in [1.54, 1.807) is 0 Å². The van der Waals surface area contributed by atoms with Crippen molar-refractivity contribution in [2.45, 2.75) is 25.4 Å². The molecule has 2 atom stereocenters. The molecule has 1 unspecified atom stereocenters. The minimum absolute atomic E-state index is 0.105. The molecule has 2 aromatic rings. The zero-order chi connectivity index (χ0) is 16.6. The maximum absolute atomic E-state index is 13.7. The normalized spacial score (nSPS) is 27.5. The van der Waals surface area contributed by atoms with E-state index in [1.807, 2.05) is 12.1 Å². The van der Waals surface area contributed by atoms with Gasteiger partial charge in [0, 0.05) is 18.4 Å². The van der Waals surface area contributed by atoms with Crippen molar-refractivity contribution in [1.29, 1.82) is 0 Å². The standard InChI is InChI=1S/C19H17NO5/c21-20-4-3-12-6-17-18(24-9-23-17)7-13(12)15(20)5-11-1-2-16-19(14(11)8-20)25-10-22-16/h1-2,6-7,15H,3-5,8-10H2/t15-,20?/m0/s1. The molecular weight excluding hydrogens is 322 g/mol. The van der Waals surface area contributed by atoms with Crippen LogP contribution in [0.2, 0.25) is 0 Å². The van der Waals surface area contributed by atoms with Crippen LogP contribution < -0.4 is 18.9 Å². The van der Waals surface area contributed by atoms with Gasteiger partial charge in [0.15, 0.2) is 23.0 Å². The number of hydroxylamine groups is 3. The van der Waals surface area contributed by atoms with E-state index < -0.39 is 0 Å². The molecule has 0 aliphatic carbocycles. The van der Waals surface area contributed by atoms with Gasteiger partial charge in [-0.2, -0.15) is 0 Å². The molecule has 6 nitrogen and oxygen atoms in total. The third-order valence-corrected chi connectivity index (χ3v) is 5.90. The summed E-state index contributed by atoms with van der Waals surface area (Å²) < 4.78 is 21.9. The molecule has 4 aliphatic heterocycles. The average molecular weight is 339 g/mol. The maximum atomic E-state index is 13.7. The summed E-state index contributed by atoms with van der Waals surface area (Å²) in [7, 11) is 0. The molecule has 0 N–H and O–H groups in total. The van der Waals surface area contributed by atoms with Crippen molar-refractivity contribution in [2.75, 3.05) is 20.1 Å². The van der Waals surface area contributed by atoms with Gasteiger partial charge in [0.25, 0.3) is 0 Å². The van der Waals surface area contributed by atoms with Gasteiger partial charge in [-0.1, -0.05) is 6.07 Å². The number of fused-ring (bicyclic) bond motifs is 7. The first-order valence-corrected chi connectivity index (χ1v) is 8.62. The first kappa shape index (κ1) is 13.8. The molecule has 0 saturated carbocycles. The van der Waals surface area contributed by atoms with E-state index in [0.717, 1.165) is 40.5 Å². The number of hydrogen-bond donors (Lipinski definition) is 0. The zero-order valence-electron chi connectivity index (χ0n) is 13.6. The summed E-state index contributed by atoms with van der Waals surface area (Å²) in [5.74, 6) is 3.07. The fourth-order valence-corrected chi connectivity index (χ4v) is 4.62. The molecule has 0 fully saturated rings. The summed E-state index contributed by atoms with van der Waals surface area (Å²) in [5, 5.41) is 13.7. The molecule has 0 aromatic heterocycles. The van der Waals surface area contributed by atoms with Gasteiger partial charge in [0.05, 0.1) is 12.1 Å². The van der Waals surface area contributed by atoms with Gasteiger partial charge in [-0.05, 0) is 29.3 Å². The van der Waals surface area contributed by atoms with Crippen LogP contribution in [0.1, 0.15) is 28.3 Å². The van der Waals surface area contributed by atoms with Gasteiger partial charge in [-0.25, -0.2) is 0 Å². The molecule has 4 heterocycles. The quantitative estimate of drug-likeness (QED) is 0.546. The third-order valence-electron chi connectivity index (χ3n) is 5.90. The molecule has 0 amide bonds. The Morgan fingerprint density at radius 2 is 1.72 bits per heavy atom. The van der Waals surface area contributed by atoms with E-state index >= 15 is 0 Å². The number of quaternary nitrogens is 1. The zero-order valence-corrected chi connectivity index (χ0v) is 13.6. The Labute approximate surface area is 144 Å². The topological polar surface area (TPSA) is 60.0 Å². The Morgan fingerprint density at radius 1 is 0.920 bits per heavy atom. The van der Waals surface area contributed by atoms with Crippen molar-refractivity contribution in [3.63, 3.8) is 0 Å². The first-order valence-electron chi connectivity index (χ1n) is 8.62. The highest BCUT2D eigenvalue weighted by molar-refractivity contribution is 5.54. The van der Waals surface area contributed by atoms with E-state index in [1.165, 1.54) is 11.1 Å². The number of hydrogen-bond acceptors (Lipinski definition) is 5. The summed E-state index contributed by atoms with van der Waals surface area (Å²) >= 11 is 0. The van der Waals surface area contributed by atoms with Crippen LogP contribution in [0.5, 0.6) is 23.0 Å². The lowest BCUT2D eigenvalue weighted by Crippen LogP contribution is -2.52. The van der Waals surface area contributed by atoms with Crippen LogP contribution in [0.3, 0.4) is 0 Å². The largest absolute Gasteiger partial charge is 0.632 e. The SMILES string of the molecule is [O-][N+]12CCc3cc4c(cc3[C@@H]1Cc1ccc3c(c1C2)OCO3)OCO4. The van der Waals surface area contributed by atoms with Gasteiger partial charge < -0.3 is 28.8 Å². The van der Waals surface area contributed by atoms with Crippen molar-refractivity contribution in [3.8, 4) is 23.0 Å². The maximum Gasteiger partial charge on any atom is 0.231 e. The molecule has 4 aliphatic rings. The Kier molecular flexibility index (Phi) is 2.53. The number of rotatable bonds is 0. The smallest absolute Gasteiger partial charge is 0.231 e. The number of nitrogens with zero attached hydrogens (tertiary/aromatic N) is 1. The van der Waals surface area contributed by atoms with Crippen LogP contribution in [-0.4, -0.2) is 24.8 Å². The van der Waals surface area contributed by atoms with Gasteiger partial charge >= 0.3 is 0 Å². The van der Waals surface area contributed by atoms with Crippen LogP contribution in [0.4, 0.5) is 0 Å². The third kappa shape index (κ3) is 1.81. The summed E-state index contributed by atoms with van der Waals surface area (Å²) in [6, 6.07) is 8.00. The Hall–Kier alpha value is -2.44. The predicted octanol–water partition coefficient (Wildman–Crippen LogP) is 2.81. The monoisotopic (exact) mass is 339 g/mol. The number of benzene rings is 2. The summed E-state index contributed by atoms with van der Waals surface area (Å²) in [6.07, 6.45) is 1.47. The highest BCUT2D eigenvalue weighted by atomic mass is 16.7. The molecule has 0 saturated heterocycles.